The summed E-state index contributed by atoms with van der Waals surface area (Å²) in [6.45, 7) is 6.99. The summed E-state index contributed by atoms with van der Waals surface area (Å²) in [7, 11) is 0. The predicted octanol–water partition coefficient (Wildman–Crippen LogP) is 1.44. The Labute approximate surface area is 102 Å². The largest absolute Gasteiger partial charge is 0.376 e. The predicted molar refractivity (Wildman–Crippen MR) is 66.1 cm³/mol. The second-order valence-corrected chi connectivity index (χ2v) is 4.97. The Morgan fingerprint density at radius 2 is 2.47 bits per heavy atom. The van der Waals surface area contributed by atoms with Crippen molar-refractivity contribution in [1.29, 1.82) is 0 Å². The van der Waals surface area contributed by atoms with E-state index in [1.807, 2.05) is 0 Å². The van der Waals surface area contributed by atoms with Crippen molar-refractivity contribution in [3.63, 3.8) is 0 Å². The van der Waals surface area contributed by atoms with E-state index in [0.29, 0.717) is 5.92 Å². The van der Waals surface area contributed by atoms with Gasteiger partial charge in [0.05, 0.1) is 18.9 Å². The lowest BCUT2D eigenvalue weighted by Crippen LogP contribution is -2.29. The Bertz CT molecular complexity index is 394. The summed E-state index contributed by atoms with van der Waals surface area (Å²) in [5.41, 5.74) is 4.10. The molecule has 4 nitrogen and oxygen atoms in total. The zero-order valence-corrected chi connectivity index (χ0v) is 10.5. The molecule has 0 spiro atoms. The highest BCUT2D eigenvalue weighted by Crippen LogP contribution is 2.30. The zero-order chi connectivity index (χ0) is 11.7. The molecule has 1 fully saturated rings. The molecule has 17 heavy (non-hydrogen) atoms. The molecule has 1 aromatic heterocycles. The van der Waals surface area contributed by atoms with Crippen molar-refractivity contribution in [2.24, 2.45) is 0 Å². The Hall–Kier alpha value is -0.870. The highest BCUT2D eigenvalue weighted by Gasteiger charge is 2.26. The molecule has 3 heterocycles. The molecule has 2 aliphatic heterocycles. The number of nitrogens with one attached hydrogen (secondary N) is 1. The summed E-state index contributed by atoms with van der Waals surface area (Å²) in [4.78, 5) is 0. The number of ether oxygens (including phenoxy) is 1. The monoisotopic (exact) mass is 235 g/mol. The number of aryl methyl sites for hydroxylation is 1. The van der Waals surface area contributed by atoms with Gasteiger partial charge in [-0.2, -0.15) is 5.10 Å². The third kappa shape index (κ3) is 2.00. The number of hydrogen-bond donors (Lipinski definition) is 1. The van der Waals surface area contributed by atoms with Crippen LogP contribution in [0.15, 0.2) is 0 Å². The molecule has 1 N–H and O–H groups in total. The molecular formula is C13H21N3O. The van der Waals surface area contributed by atoms with E-state index >= 15 is 0 Å². The maximum atomic E-state index is 5.61. The lowest BCUT2D eigenvalue weighted by atomic mass is 9.92. The van der Waals surface area contributed by atoms with E-state index < -0.39 is 0 Å². The molecule has 0 aromatic carbocycles. The molecule has 1 aromatic rings. The van der Waals surface area contributed by atoms with Crippen LogP contribution in [0.3, 0.4) is 0 Å². The summed E-state index contributed by atoms with van der Waals surface area (Å²) < 4.78 is 7.79. The molecule has 0 amide bonds. The molecule has 0 saturated carbocycles. The van der Waals surface area contributed by atoms with Crippen LogP contribution in [0.25, 0.3) is 0 Å². The van der Waals surface area contributed by atoms with E-state index in [4.69, 9.17) is 9.84 Å². The second kappa shape index (κ2) is 4.78. The van der Waals surface area contributed by atoms with Gasteiger partial charge in [-0.05, 0) is 26.3 Å². The minimum atomic E-state index is 0.590. The maximum Gasteiger partial charge on any atom is 0.0753 e. The Balaban J connectivity index is 1.95. The number of aromatic nitrogens is 2. The van der Waals surface area contributed by atoms with Gasteiger partial charge in [0, 0.05) is 36.7 Å². The van der Waals surface area contributed by atoms with Gasteiger partial charge < -0.3 is 10.1 Å². The van der Waals surface area contributed by atoms with Crippen molar-refractivity contribution < 1.29 is 4.74 Å². The van der Waals surface area contributed by atoms with Gasteiger partial charge in [0.25, 0.3) is 0 Å². The van der Waals surface area contributed by atoms with Crippen molar-refractivity contribution in [2.75, 3.05) is 19.7 Å². The molecule has 1 saturated heterocycles. The molecule has 2 aliphatic rings. The highest BCUT2D eigenvalue weighted by atomic mass is 16.5. The summed E-state index contributed by atoms with van der Waals surface area (Å²) in [6, 6.07) is 0. The second-order valence-electron chi connectivity index (χ2n) is 4.97. The first-order valence-electron chi connectivity index (χ1n) is 6.77. The van der Waals surface area contributed by atoms with Gasteiger partial charge in [0.2, 0.25) is 0 Å². The molecule has 0 aliphatic carbocycles. The fourth-order valence-electron chi connectivity index (χ4n) is 3.01. The normalized spacial score (nSPS) is 24.6. The SMILES string of the molecule is CCn1nc([C@H]2CCCNC2)c2c1CCOC2. The molecular weight excluding hydrogens is 214 g/mol. The van der Waals surface area contributed by atoms with Gasteiger partial charge in [0.15, 0.2) is 0 Å². The minimum absolute atomic E-state index is 0.590. The number of hydrogen-bond acceptors (Lipinski definition) is 3. The molecule has 94 valence electrons. The number of nitrogens with zero attached hydrogens (tertiary/aromatic N) is 2. The van der Waals surface area contributed by atoms with Crippen LogP contribution in [0.4, 0.5) is 0 Å². The average Bonchev–Trinajstić information content (AvgIpc) is 2.78. The topological polar surface area (TPSA) is 39.1 Å². The van der Waals surface area contributed by atoms with Gasteiger partial charge in [-0.15, -0.1) is 0 Å². The molecule has 0 bridgehead atoms. The van der Waals surface area contributed by atoms with Gasteiger partial charge in [-0.1, -0.05) is 0 Å². The number of fused-ring (bicyclic) bond motifs is 1. The molecule has 0 unspecified atom stereocenters. The third-order valence-corrected chi connectivity index (χ3v) is 3.91. The first-order chi connectivity index (χ1) is 8.40. The van der Waals surface area contributed by atoms with Crippen LogP contribution in [0.2, 0.25) is 0 Å². The molecule has 3 rings (SSSR count). The maximum absolute atomic E-state index is 5.61. The third-order valence-electron chi connectivity index (χ3n) is 3.91. The van der Waals surface area contributed by atoms with E-state index in [-0.39, 0.29) is 0 Å². The fraction of sp³-hybridized carbons (Fsp3) is 0.769. The van der Waals surface area contributed by atoms with Crippen LogP contribution >= 0.6 is 0 Å². The van der Waals surface area contributed by atoms with Crippen molar-refractivity contribution >= 4 is 0 Å². The Morgan fingerprint density at radius 1 is 1.53 bits per heavy atom. The quantitative estimate of drug-likeness (QED) is 0.843. The summed E-state index contributed by atoms with van der Waals surface area (Å²) in [5.74, 6) is 0.590. The molecule has 1 atom stereocenters. The van der Waals surface area contributed by atoms with Gasteiger partial charge in [-0.3, -0.25) is 4.68 Å². The van der Waals surface area contributed by atoms with Gasteiger partial charge in [-0.25, -0.2) is 0 Å². The first kappa shape index (κ1) is 11.2. The van der Waals surface area contributed by atoms with Gasteiger partial charge >= 0.3 is 0 Å². The van der Waals surface area contributed by atoms with Crippen molar-refractivity contribution in [1.82, 2.24) is 15.1 Å². The fourth-order valence-corrected chi connectivity index (χ4v) is 3.01. The lowest BCUT2D eigenvalue weighted by molar-refractivity contribution is 0.108. The van der Waals surface area contributed by atoms with Crippen LogP contribution in [0, 0.1) is 0 Å². The van der Waals surface area contributed by atoms with Crippen LogP contribution in [0.5, 0.6) is 0 Å². The average molecular weight is 235 g/mol. The number of rotatable bonds is 2. The van der Waals surface area contributed by atoms with Crippen molar-refractivity contribution in [3.05, 3.63) is 17.0 Å². The van der Waals surface area contributed by atoms with E-state index in [2.05, 4.69) is 16.9 Å². The standard InChI is InChI=1S/C13H21N3O/c1-2-16-12-5-7-17-9-11(12)13(15-16)10-4-3-6-14-8-10/h10,14H,2-9H2,1H3/t10-/m0/s1. The summed E-state index contributed by atoms with van der Waals surface area (Å²) in [6.07, 6.45) is 3.55. The van der Waals surface area contributed by atoms with E-state index in [0.717, 1.165) is 39.3 Å². The Kier molecular flexibility index (Phi) is 3.16. The summed E-state index contributed by atoms with van der Waals surface area (Å²) in [5, 5.41) is 8.31. The highest BCUT2D eigenvalue weighted by molar-refractivity contribution is 5.30. The van der Waals surface area contributed by atoms with Crippen molar-refractivity contribution in [3.8, 4) is 0 Å². The lowest BCUT2D eigenvalue weighted by Gasteiger charge is -2.23. The first-order valence-corrected chi connectivity index (χ1v) is 6.77. The van der Waals surface area contributed by atoms with E-state index in [1.54, 1.807) is 0 Å². The van der Waals surface area contributed by atoms with Crippen LogP contribution in [0.1, 0.15) is 42.6 Å². The molecule has 4 heteroatoms. The molecule has 0 radical (unpaired) electrons. The summed E-state index contributed by atoms with van der Waals surface area (Å²) >= 11 is 0. The van der Waals surface area contributed by atoms with Crippen LogP contribution in [-0.2, 0) is 24.3 Å². The van der Waals surface area contributed by atoms with E-state index in [1.165, 1.54) is 29.8 Å². The van der Waals surface area contributed by atoms with Gasteiger partial charge in [0.1, 0.15) is 0 Å². The Morgan fingerprint density at radius 3 is 3.24 bits per heavy atom. The zero-order valence-electron chi connectivity index (χ0n) is 10.5. The van der Waals surface area contributed by atoms with Crippen LogP contribution < -0.4 is 5.32 Å². The minimum Gasteiger partial charge on any atom is -0.376 e. The van der Waals surface area contributed by atoms with Crippen LogP contribution in [-0.4, -0.2) is 29.5 Å². The number of piperidine rings is 1. The van der Waals surface area contributed by atoms with E-state index in [9.17, 15) is 0 Å². The smallest absolute Gasteiger partial charge is 0.0753 e. The van der Waals surface area contributed by atoms with Crippen molar-refractivity contribution in [2.45, 2.75) is 45.3 Å².